The smallest absolute Gasteiger partial charge is 0.00964 e. The molecule has 1 aliphatic rings. The molecular formula is C16H33N. The highest BCUT2D eigenvalue weighted by Gasteiger charge is 2.27. The van der Waals surface area contributed by atoms with Crippen molar-refractivity contribution in [3.8, 4) is 0 Å². The van der Waals surface area contributed by atoms with Gasteiger partial charge in [0, 0.05) is 6.04 Å². The van der Waals surface area contributed by atoms with Gasteiger partial charge in [-0.3, -0.25) is 0 Å². The van der Waals surface area contributed by atoms with Crippen LogP contribution in [0.3, 0.4) is 0 Å². The molecule has 1 nitrogen and oxygen atoms in total. The molecule has 0 aliphatic heterocycles. The topological polar surface area (TPSA) is 3.24 Å². The Bertz CT molecular complexity index is 163. The number of nitrogens with zero attached hydrogens (tertiary/aromatic N) is 1. The Morgan fingerprint density at radius 3 is 1.82 bits per heavy atom. The van der Waals surface area contributed by atoms with Crippen LogP contribution in [0.1, 0.15) is 84.5 Å². The molecule has 0 aromatic rings. The monoisotopic (exact) mass is 239 g/mol. The summed E-state index contributed by atoms with van der Waals surface area (Å²) in [5, 5.41) is 0. The lowest BCUT2D eigenvalue weighted by atomic mass is 10.1. The summed E-state index contributed by atoms with van der Waals surface area (Å²) in [7, 11) is 0. The maximum absolute atomic E-state index is 2.73. The van der Waals surface area contributed by atoms with Gasteiger partial charge in [-0.25, -0.2) is 0 Å². The molecule has 0 aromatic carbocycles. The van der Waals surface area contributed by atoms with Gasteiger partial charge in [-0.1, -0.05) is 58.8 Å². The van der Waals surface area contributed by atoms with E-state index in [9.17, 15) is 0 Å². The molecule has 0 radical (unpaired) electrons. The zero-order valence-corrected chi connectivity index (χ0v) is 12.2. The highest BCUT2D eigenvalue weighted by Crippen LogP contribution is 2.27. The molecule has 0 unspecified atom stereocenters. The second-order valence-corrected chi connectivity index (χ2v) is 5.74. The largest absolute Gasteiger partial charge is 0.300 e. The standard InChI is InChI=1S/C16H33N/c1-3-5-6-7-8-9-10-11-15-17(14-4-2)16-12-13-16/h16H,3-15H2,1-2H3. The predicted octanol–water partition coefficient (Wildman–Crippen LogP) is 5.00. The molecule has 0 N–H and O–H groups in total. The van der Waals surface area contributed by atoms with Gasteiger partial charge in [-0.05, 0) is 38.8 Å². The van der Waals surface area contributed by atoms with Gasteiger partial charge in [0.05, 0.1) is 0 Å². The normalized spacial score (nSPS) is 15.7. The summed E-state index contributed by atoms with van der Waals surface area (Å²) in [6.45, 7) is 7.30. The average Bonchev–Trinajstić information content (AvgIpc) is 3.15. The van der Waals surface area contributed by atoms with Crippen molar-refractivity contribution in [1.82, 2.24) is 4.90 Å². The lowest BCUT2D eigenvalue weighted by Gasteiger charge is -2.20. The first-order chi connectivity index (χ1) is 8.38. The van der Waals surface area contributed by atoms with E-state index in [1.54, 1.807) is 0 Å². The van der Waals surface area contributed by atoms with E-state index in [0.29, 0.717) is 0 Å². The first-order valence-electron chi connectivity index (χ1n) is 8.12. The van der Waals surface area contributed by atoms with E-state index in [1.807, 2.05) is 0 Å². The highest BCUT2D eigenvalue weighted by molar-refractivity contribution is 4.84. The molecule has 1 saturated carbocycles. The zero-order chi connectivity index (χ0) is 12.3. The van der Waals surface area contributed by atoms with Crippen molar-refractivity contribution >= 4 is 0 Å². The lowest BCUT2D eigenvalue weighted by molar-refractivity contribution is 0.257. The Kier molecular flexibility index (Phi) is 8.78. The van der Waals surface area contributed by atoms with E-state index < -0.39 is 0 Å². The minimum atomic E-state index is 0.972. The first kappa shape index (κ1) is 15.0. The van der Waals surface area contributed by atoms with Crippen LogP contribution < -0.4 is 0 Å². The number of unbranched alkanes of at least 4 members (excludes halogenated alkanes) is 7. The maximum atomic E-state index is 2.73. The van der Waals surface area contributed by atoms with Crippen molar-refractivity contribution in [3.63, 3.8) is 0 Å². The number of hydrogen-bond donors (Lipinski definition) is 0. The quantitative estimate of drug-likeness (QED) is 0.433. The molecule has 1 aliphatic carbocycles. The number of rotatable bonds is 12. The second kappa shape index (κ2) is 9.94. The summed E-state index contributed by atoms with van der Waals surface area (Å²) >= 11 is 0. The van der Waals surface area contributed by atoms with Crippen LogP contribution in [0.25, 0.3) is 0 Å². The van der Waals surface area contributed by atoms with Crippen LogP contribution >= 0.6 is 0 Å². The van der Waals surface area contributed by atoms with Gasteiger partial charge in [0.2, 0.25) is 0 Å². The van der Waals surface area contributed by atoms with Crippen molar-refractivity contribution in [2.24, 2.45) is 0 Å². The third-order valence-electron chi connectivity index (χ3n) is 3.87. The van der Waals surface area contributed by atoms with Gasteiger partial charge in [0.1, 0.15) is 0 Å². The molecular weight excluding hydrogens is 206 g/mol. The molecule has 1 heteroatoms. The summed E-state index contributed by atoms with van der Waals surface area (Å²) in [5.41, 5.74) is 0. The van der Waals surface area contributed by atoms with Gasteiger partial charge in [0.15, 0.2) is 0 Å². The summed E-state index contributed by atoms with van der Waals surface area (Å²) in [6.07, 6.45) is 15.8. The third kappa shape index (κ3) is 7.81. The van der Waals surface area contributed by atoms with Crippen molar-refractivity contribution in [1.29, 1.82) is 0 Å². The van der Waals surface area contributed by atoms with Gasteiger partial charge in [-0.15, -0.1) is 0 Å². The minimum absolute atomic E-state index is 0.972. The number of hydrogen-bond acceptors (Lipinski definition) is 1. The van der Waals surface area contributed by atoms with Crippen LogP contribution in [0.15, 0.2) is 0 Å². The first-order valence-corrected chi connectivity index (χ1v) is 8.12. The Labute approximate surface area is 109 Å². The summed E-state index contributed by atoms with van der Waals surface area (Å²) in [4.78, 5) is 2.73. The Hall–Kier alpha value is -0.0400. The molecule has 1 rings (SSSR count). The van der Waals surface area contributed by atoms with E-state index in [0.717, 1.165) is 6.04 Å². The molecule has 102 valence electrons. The maximum Gasteiger partial charge on any atom is 0.00964 e. The Balaban J connectivity index is 1.85. The van der Waals surface area contributed by atoms with E-state index in [4.69, 9.17) is 0 Å². The molecule has 0 heterocycles. The second-order valence-electron chi connectivity index (χ2n) is 5.74. The van der Waals surface area contributed by atoms with Gasteiger partial charge in [0.25, 0.3) is 0 Å². The SMILES string of the molecule is CCCCCCCCCCN(CCC)C1CC1. The fourth-order valence-corrected chi connectivity index (χ4v) is 2.65. The summed E-state index contributed by atoms with van der Waals surface area (Å²) in [5.74, 6) is 0. The fourth-order valence-electron chi connectivity index (χ4n) is 2.65. The van der Waals surface area contributed by atoms with Crippen molar-refractivity contribution < 1.29 is 0 Å². The summed E-state index contributed by atoms with van der Waals surface area (Å²) < 4.78 is 0. The zero-order valence-electron chi connectivity index (χ0n) is 12.2. The highest BCUT2D eigenvalue weighted by atomic mass is 15.2. The minimum Gasteiger partial charge on any atom is -0.300 e. The van der Waals surface area contributed by atoms with Crippen LogP contribution in [0.4, 0.5) is 0 Å². The molecule has 0 amide bonds. The van der Waals surface area contributed by atoms with Gasteiger partial charge < -0.3 is 4.90 Å². The van der Waals surface area contributed by atoms with Gasteiger partial charge in [-0.2, -0.15) is 0 Å². The molecule has 0 spiro atoms. The Morgan fingerprint density at radius 2 is 1.29 bits per heavy atom. The summed E-state index contributed by atoms with van der Waals surface area (Å²) in [6, 6.07) is 0.972. The van der Waals surface area contributed by atoms with Crippen LogP contribution in [0, 0.1) is 0 Å². The average molecular weight is 239 g/mol. The van der Waals surface area contributed by atoms with Crippen molar-refractivity contribution in [3.05, 3.63) is 0 Å². The fraction of sp³-hybridized carbons (Fsp3) is 1.00. The van der Waals surface area contributed by atoms with Crippen LogP contribution in [-0.2, 0) is 0 Å². The molecule has 0 aromatic heterocycles. The van der Waals surface area contributed by atoms with E-state index in [-0.39, 0.29) is 0 Å². The van der Waals surface area contributed by atoms with E-state index in [1.165, 1.54) is 83.7 Å². The Morgan fingerprint density at radius 1 is 0.706 bits per heavy atom. The van der Waals surface area contributed by atoms with E-state index in [2.05, 4.69) is 18.7 Å². The van der Waals surface area contributed by atoms with Crippen molar-refractivity contribution in [2.75, 3.05) is 13.1 Å². The molecule has 1 fully saturated rings. The molecule has 0 bridgehead atoms. The lowest BCUT2D eigenvalue weighted by Crippen LogP contribution is -2.27. The van der Waals surface area contributed by atoms with E-state index >= 15 is 0 Å². The van der Waals surface area contributed by atoms with Crippen LogP contribution in [0.5, 0.6) is 0 Å². The van der Waals surface area contributed by atoms with Gasteiger partial charge >= 0.3 is 0 Å². The molecule has 0 saturated heterocycles. The third-order valence-corrected chi connectivity index (χ3v) is 3.87. The van der Waals surface area contributed by atoms with Crippen molar-refractivity contribution in [2.45, 2.75) is 90.5 Å². The molecule has 0 atom stereocenters. The van der Waals surface area contributed by atoms with Crippen LogP contribution in [0.2, 0.25) is 0 Å². The van der Waals surface area contributed by atoms with Crippen LogP contribution in [-0.4, -0.2) is 24.0 Å². The molecule has 17 heavy (non-hydrogen) atoms. The predicted molar refractivity (Wildman–Crippen MR) is 77.5 cm³/mol.